The molecule has 184 valence electrons. The number of primary amides is 1. The topological polar surface area (TPSA) is 102 Å². The van der Waals surface area contributed by atoms with Crippen LogP contribution in [0.15, 0.2) is 42.5 Å². The first-order valence-electron chi connectivity index (χ1n) is 11.1. The number of nitrogens with one attached hydrogen (secondary N) is 2. The van der Waals surface area contributed by atoms with Crippen LogP contribution in [0.5, 0.6) is 5.75 Å². The molecule has 0 unspecified atom stereocenters. The number of hydrogen-bond donors (Lipinski definition) is 3. The zero-order valence-electron chi connectivity index (χ0n) is 19.5. The Labute approximate surface area is 202 Å². The van der Waals surface area contributed by atoms with Crippen molar-refractivity contribution >= 4 is 28.8 Å². The van der Waals surface area contributed by atoms with E-state index >= 15 is 0 Å². The van der Waals surface area contributed by atoms with Gasteiger partial charge in [-0.1, -0.05) is 0 Å². The number of morpholine rings is 1. The van der Waals surface area contributed by atoms with Gasteiger partial charge in [-0.05, 0) is 48.9 Å². The molecule has 35 heavy (non-hydrogen) atoms. The van der Waals surface area contributed by atoms with Gasteiger partial charge in [0.2, 0.25) is 0 Å². The van der Waals surface area contributed by atoms with Gasteiger partial charge in [-0.15, -0.1) is 0 Å². The largest absolute Gasteiger partial charge is 0.491 e. The summed E-state index contributed by atoms with van der Waals surface area (Å²) in [6.45, 7) is 4.75. The van der Waals surface area contributed by atoms with E-state index in [2.05, 4.69) is 20.5 Å². The first kappa shape index (κ1) is 24.2. The number of halogens is 2. The van der Waals surface area contributed by atoms with E-state index in [9.17, 15) is 13.6 Å². The molecular weight excluding hydrogens is 456 g/mol. The van der Waals surface area contributed by atoms with E-state index in [4.69, 9.17) is 15.2 Å². The number of carbonyl (C=O) groups is 1. The van der Waals surface area contributed by atoms with Crippen LogP contribution in [0, 0.1) is 18.6 Å². The maximum absolute atomic E-state index is 13.6. The summed E-state index contributed by atoms with van der Waals surface area (Å²) in [5, 5.41) is 6.27. The monoisotopic (exact) mass is 483 g/mol. The summed E-state index contributed by atoms with van der Waals surface area (Å²) in [4.78, 5) is 19.0. The average Bonchev–Trinajstić information content (AvgIpc) is 2.83. The highest BCUT2D eigenvalue weighted by molar-refractivity contribution is 6.02. The van der Waals surface area contributed by atoms with E-state index in [1.165, 1.54) is 19.2 Å². The van der Waals surface area contributed by atoms with Gasteiger partial charge in [-0.25, -0.2) is 13.8 Å². The minimum atomic E-state index is -0.706. The van der Waals surface area contributed by atoms with Crippen molar-refractivity contribution in [2.24, 2.45) is 5.73 Å². The van der Waals surface area contributed by atoms with Crippen LogP contribution in [0.1, 0.15) is 21.6 Å². The molecule has 1 amide bonds. The third kappa shape index (κ3) is 5.60. The van der Waals surface area contributed by atoms with Crippen LogP contribution in [-0.4, -0.2) is 44.3 Å². The van der Waals surface area contributed by atoms with Gasteiger partial charge in [-0.2, -0.15) is 0 Å². The Morgan fingerprint density at radius 1 is 1.14 bits per heavy atom. The molecule has 4 rings (SSSR count). The number of ether oxygens (including phenoxy) is 2. The number of aryl methyl sites for hydroxylation is 1. The molecule has 2 heterocycles. The van der Waals surface area contributed by atoms with Gasteiger partial charge in [0, 0.05) is 37.1 Å². The van der Waals surface area contributed by atoms with Crippen molar-refractivity contribution in [2.45, 2.75) is 13.5 Å². The molecule has 1 saturated heterocycles. The van der Waals surface area contributed by atoms with Crippen LogP contribution in [0.4, 0.5) is 31.7 Å². The fourth-order valence-corrected chi connectivity index (χ4v) is 4.06. The maximum atomic E-state index is 13.6. The second-order valence-corrected chi connectivity index (χ2v) is 8.10. The maximum Gasteiger partial charge on any atom is 0.252 e. The van der Waals surface area contributed by atoms with Crippen LogP contribution in [0.3, 0.4) is 0 Å². The highest BCUT2D eigenvalue weighted by Gasteiger charge is 2.23. The number of nitrogens with two attached hydrogens (primary N) is 1. The van der Waals surface area contributed by atoms with E-state index in [1.54, 1.807) is 6.92 Å². The zero-order chi connectivity index (χ0) is 24.9. The molecule has 0 bridgehead atoms. The number of carbonyl (C=O) groups excluding carboxylic acids is 1. The number of anilines is 4. The van der Waals surface area contributed by atoms with Crippen molar-refractivity contribution < 1.29 is 23.0 Å². The van der Waals surface area contributed by atoms with Crippen molar-refractivity contribution in [3.8, 4) is 5.75 Å². The van der Waals surface area contributed by atoms with Gasteiger partial charge in [0.25, 0.3) is 5.91 Å². The van der Waals surface area contributed by atoms with E-state index in [0.717, 1.165) is 30.5 Å². The van der Waals surface area contributed by atoms with Crippen LogP contribution in [0.25, 0.3) is 0 Å². The van der Waals surface area contributed by atoms with Crippen molar-refractivity contribution in [3.63, 3.8) is 0 Å². The minimum absolute atomic E-state index is 0.0302. The Bertz CT molecular complexity index is 1190. The smallest absolute Gasteiger partial charge is 0.252 e. The summed E-state index contributed by atoms with van der Waals surface area (Å²) in [5.74, 6) is -1.49. The molecule has 1 aromatic heterocycles. The van der Waals surface area contributed by atoms with Gasteiger partial charge in [0.05, 0.1) is 37.3 Å². The lowest BCUT2D eigenvalue weighted by molar-refractivity contribution is 0.0999. The number of rotatable bonds is 8. The SMILES string of the molecule is COc1c(Nc2ccc(N3CCOCC3)cc2)nc(C)c(C(N)=O)c1NCc1cc(F)cc(F)c1. The lowest BCUT2D eigenvalue weighted by atomic mass is 10.1. The number of methoxy groups -OCH3 is 1. The molecule has 1 aliphatic rings. The molecular formula is C25H27F2N5O3. The fraction of sp³-hybridized carbons (Fsp3) is 0.280. The van der Waals surface area contributed by atoms with Gasteiger partial charge < -0.3 is 30.7 Å². The average molecular weight is 484 g/mol. The third-order valence-electron chi connectivity index (χ3n) is 5.68. The number of nitrogens with zero attached hydrogens (tertiary/aromatic N) is 2. The van der Waals surface area contributed by atoms with E-state index < -0.39 is 17.5 Å². The quantitative estimate of drug-likeness (QED) is 0.446. The molecule has 1 fully saturated rings. The molecule has 0 radical (unpaired) electrons. The number of hydrogen-bond acceptors (Lipinski definition) is 7. The molecule has 10 heteroatoms. The first-order chi connectivity index (χ1) is 16.9. The predicted molar refractivity (Wildman–Crippen MR) is 130 cm³/mol. The van der Waals surface area contributed by atoms with Gasteiger partial charge in [0.15, 0.2) is 11.6 Å². The second-order valence-electron chi connectivity index (χ2n) is 8.10. The minimum Gasteiger partial charge on any atom is -0.491 e. The summed E-state index contributed by atoms with van der Waals surface area (Å²) in [6.07, 6.45) is 0. The van der Waals surface area contributed by atoms with Crippen LogP contribution >= 0.6 is 0 Å². The molecule has 4 N–H and O–H groups in total. The van der Waals surface area contributed by atoms with Gasteiger partial charge in [0.1, 0.15) is 11.6 Å². The molecule has 1 aliphatic heterocycles. The Kier molecular flexibility index (Phi) is 7.31. The molecule has 0 spiro atoms. The Morgan fingerprint density at radius 2 is 1.80 bits per heavy atom. The summed E-state index contributed by atoms with van der Waals surface area (Å²) in [7, 11) is 1.44. The highest BCUT2D eigenvalue weighted by Crippen LogP contribution is 2.38. The highest BCUT2D eigenvalue weighted by atomic mass is 19.1. The lowest BCUT2D eigenvalue weighted by Gasteiger charge is -2.29. The zero-order valence-corrected chi connectivity index (χ0v) is 19.5. The van der Waals surface area contributed by atoms with Gasteiger partial charge >= 0.3 is 0 Å². The first-order valence-corrected chi connectivity index (χ1v) is 11.1. The number of amides is 1. The number of aromatic nitrogens is 1. The number of benzene rings is 2. The van der Waals surface area contributed by atoms with E-state index in [0.29, 0.717) is 30.3 Å². The Hall–Kier alpha value is -3.92. The van der Waals surface area contributed by atoms with E-state index in [-0.39, 0.29) is 23.5 Å². The molecule has 0 saturated carbocycles. The van der Waals surface area contributed by atoms with Gasteiger partial charge in [-0.3, -0.25) is 4.79 Å². The standard InChI is InChI=1S/C25H27F2N5O3/c1-15-21(24(28)33)22(29-14-16-11-17(26)13-18(27)12-16)23(34-2)25(30-15)31-19-3-5-20(6-4-19)32-7-9-35-10-8-32/h3-6,11-13H,7-10,14H2,1-2H3,(H2,28,33)(H2,29,30,31). The summed E-state index contributed by atoms with van der Waals surface area (Å²) >= 11 is 0. The fourth-order valence-electron chi connectivity index (χ4n) is 4.06. The lowest BCUT2D eigenvalue weighted by Crippen LogP contribution is -2.36. The van der Waals surface area contributed by atoms with Crippen molar-refractivity contribution in [1.82, 2.24) is 4.98 Å². The molecule has 2 aromatic carbocycles. The second kappa shape index (κ2) is 10.6. The molecule has 8 nitrogen and oxygen atoms in total. The van der Waals surface area contributed by atoms with Crippen LogP contribution in [0.2, 0.25) is 0 Å². The van der Waals surface area contributed by atoms with E-state index in [1.807, 2.05) is 24.3 Å². The molecule has 0 atom stereocenters. The summed E-state index contributed by atoms with van der Waals surface area (Å²) < 4.78 is 38.2. The van der Waals surface area contributed by atoms with Crippen molar-refractivity contribution in [3.05, 3.63) is 70.9 Å². The Morgan fingerprint density at radius 3 is 2.40 bits per heavy atom. The summed E-state index contributed by atoms with van der Waals surface area (Å²) in [5.41, 5.74) is 8.60. The third-order valence-corrected chi connectivity index (χ3v) is 5.68. The summed E-state index contributed by atoms with van der Waals surface area (Å²) in [6, 6.07) is 11.1. The molecule has 3 aromatic rings. The van der Waals surface area contributed by atoms with Crippen LogP contribution < -0.4 is 26.0 Å². The number of pyridine rings is 1. The predicted octanol–water partition coefficient (Wildman–Crippen LogP) is 3.97. The van der Waals surface area contributed by atoms with Crippen molar-refractivity contribution in [1.29, 1.82) is 0 Å². The normalized spacial score (nSPS) is 13.4. The Balaban J connectivity index is 1.63. The van der Waals surface area contributed by atoms with Crippen LogP contribution in [-0.2, 0) is 11.3 Å². The van der Waals surface area contributed by atoms with Crippen molar-refractivity contribution in [2.75, 3.05) is 48.9 Å². The molecule has 0 aliphatic carbocycles.